The van der Waals surface area contributed by atoms with Crippen LogP contribution in [-0.4, -0.2) is 365 Å². The van der Waals surface area contributed by atoms with E-state index in [9.17, 15) is 63.5 Å². The molecule has 0 unspecified atom stereocenters. The van der Waals surface area contributed by atoms with Crippen LogP contribution in [0.15, 0.2) is 91.6 Å². The first-order chi connectivity index (χ1) is 72.2. The number of carbonyl (C=O) groups excluding carboxylic acids is 5. The minimum Gasteiger partial charge on any atom is -0.449 e. The summed E-state index contributed by atoms with van der Waals surface area (Å²) in [7, 11) is 8.29. The average Bonchev–Trinajstić information content (AvgIpc) is 1.77. The van der Waals surface area contributed by atoms with E-state index < -0.39 is 41.3 Å². The molecule has 9 aliphatic rings. The van der Waals surface area contributed by atoms with Crippen molar-refractivity contribution in [2.75, 3.05) is 313 Å². The van der Waals surface area contributed by atoms with Gasteiger partial charge in [-0.1, -0.05) is 32.4 Å². The largest absolute Gasteiger partial charge is 0.449 e. The van der Waals surface area contributed by atoms with E-state index in [2.05, 4.69) is 162 Å². The van der Waals surface area contributed by atoms with Crippen LogP contribution >= 0.6 is 11.6 Å². The Morgan fingerprint density at radius 1 is 0.367 bits per heavy atom. The Labute approximate surface area is 873 Å². The molecule has 0 bridgehead atoms. The SMILES string of the molecule is CCc1cc(N2CCN(C)CC2)ccc1Nc1ncc(C(F)(F)F)c(NCCCN2CCCOCC2=O)n1.CCc1cc(N2CCN(C)CC2)ncc1Nc1ncc(C(F)(F)F)c(NCCCN2CCCOCC2=O)n1.CCc1cc(N2CCN(C)CC2=O)ccc1Nc1ncc(C(F)(F)F)c(NCCCN2CCCOC2=O)n1.CN1CCN(c2ccc(Nc3ncc(Cl)c(NCCCN4CCCOCC4=O)n3)c(C3CC3)c2)CC1. The molecule has 38 nitrogen and oxygen atoms in total. The van der Waals surface area contributed by atoms with Crippen molar-refractivity contribution in [2.45, 2.75) is 129 Å². The third-order valence-corrected chi connectivity index (χ3v) is 27.5. The Hall–Kier alpha value is -12.5. The van der Waals surface area contributed by atoms with E-state index in [4.69, 9.17) is 30.5 Å². The number of piperazine rings is 4. The molecule has 0 spiro atoms. The molecule has 5 aromatic heterocycles. The summed E-state index contributed by atoms with van der Waals surface area (Å²) in [5, 5.41) is 24.8. The van der Waals surface area contributed by atoms with Crippen molar-refractivity contribution in [2.24, 2.45) is 0 Å². The lowest BCUT2D eigenvalue weighted by Gasteiger charge is -2.34. The molecule has 1 aliphatic carbocycles. The van der Waals surface area contributed by atoms with Crippen LogP contribution < -0.4 is 62.1 Å². The number of aryl methyl sites for hydroxylation is 3. The number of benzene rings is 3. The average molecular weight is 2120 g/mol. The number of carbonyl (C=O) groups is 5. The zero-order valence-corrected chi connectivity index (χ0v) is 87.1. The summed E-state index contributed by atoms with van der Waals surface area (Å²) in [5.74, 6) is 1.68. The van der Waals surface area contributed by atoms with Crippen LogP contribution in [0.1, 0.15) is 130 Å². The number of nitrogens with one attached hydrogen (secondary N) is 8. The number of anilines is 16. The fourth-order valence-electron chi connectivity index (χ4n) is 18.2. The molecule has 816 valence electrons. The van der Waals surface area contributed by atoms with Gasteiger partial charge in [-0.15, -0.1) is 0 Å². The van der Waals surface area contributed by atoms with Gasteiger partial charge in [0.25, 0.3) is 0 Å². The highest BCUT2D eigenvalue weighted by Gasteiger charge is 2.40. The lowest BCUT2D eigenvalue weighted by molar-refractivity contribution is -0.138. The zero-order valence-electron chi connectivity index (χ0n) is 86.3. The van der Waals surface area contributed by atoms with E-state index in [-0.39, 0.29) is 98.4 Å². The van der Waals surface area contributed by atoms with E-state index >= 15 is 0 Å². The first-order valence-corrected chi connectivity index (χ1v) is 52.1. The maximum Gasteiger partial charge on any atom is 0.421 e. The fraction of sp³-hybridized carbons (Fsp3) is 0.569. The van der Waals surface area contributed by atoms with Crippen LogP contribution in [0.4, 0.5) is 137 Å². The zero-order chi connectivity index (χ0) is 106. The van der Waals surface area contributed by atoms with E-state index in [0.717, 1.165) is 194 Å². The molecular weight excluding hydrogens is 1980 g/mol. The first-order valence-electron chi connectivity index (χ1n) is 51.8. The number of pyridine rings is 1. The summed E-state index contributed by atoms with van der Waals surface area (Å²) >= 11 is 6.38. The van der Waals surface area contributed by atoms with Crippen LogP contribution in [0, 0.1) is 0 Å². The predicted octanol–water partition coefficient (Wildman–Crippen LogP) is 13.9. The molecule has 8 saturated heterocycles. The normalized spacial score (nSPS) is 17.8. The Bertz CT molecular complexity index is 5610. The highest BCUT2D eigenvalue weighted by Crippen LogP contribution is 2.46. The second-order valence-corrected chi connectivity index (χ2v) is 38.7. The van der Waals surface area contributed by atoms with Crippen LogP contribution in [0.5, 0.6) is 0 Å². The van der Waals surface area contributed by atoms with Crippen molar-refractivity contribution in [3.05, 3.63) is 136 Å². The van der Waals surface area contributed by atoms with Crippen molar-refractivity contribution >= 4 is 134 Å². The molecule has 48 heteroatoms. The number of aromatic nitrogens is 9. The predicted molar refractivity (Wildman–Crippen MR) is 560 cm³/mol. The van der Waals surface area contributed by atoms with E-state index in [0.29, 0.717) is 158 Å². The van der Waals surface area contributed by atoms with Gasteiger partial charge in [-0.05, 0) is 200 Å². The van der Waals surface area contributed by atoms with Crippen molar-refractivity contribution < 1.29 is 82.4 Å². The van der Waals surface area contributed by atoms with Gasteiger partial charge in [-0.3, -0.25) is 24.1 Å². The molecule has 8 aliphatic heterocycles. The number of alkyl halides is 9. The lowest BCUT2D eigenvalue weighted by atomic mass is 10.1. The topological polar surface area (TPSA) is 373 Å². The van der Waals surface area contributed by atoms with Crippen LogP contribution in [-0.2, 0) is 75.9 Å². The molecule has 17 rings (SSSR count). The Kier molecular flexibility index (Phi) is 41.0. The fourth-order valence-corrected chi connectivity index (χ4v) is 18.4. The molecule has 150 heavy (non-hydrogen) atoms. The van der Waals surface area contributed by atoms with Crippen LogP contribution in [0.2, 0.25) is 5.02 Å². The molecule has 8 N–H and O–H groups in total. The summed E-state index contributed by atoms with van der Waals surface area (Å²) in [6, 6.07) is 20.3. The summed E-state index contributed by atoms with van der Waals surface area (Å²) in [6.45, 7) is 27.6. The third-order valence-electron chi connectivity index (χ3n) is 27.2. The Balaban J connectivity index is 0.000000157. The standard InChI is InChI=1S/C26H36ClN7O2.C26H36F3N7O2.C25H35F3N8O2.C25H32F3N7O3/c1-32-11-13-33(14-12-32)20-6-7-23(21(16-20)19-4-5-19)30-26-29-17-22(27)25(31-26)28-8-2-9-34-10-3-15-36-18-24(34)35;1-3-19-16-20(35-13-11-34(2)12-14-35)6-7-22(19)32-25-31-17-21(26(27,28)29)24(33-25)30-8-4-9-36-10-5-15-38-18-23(36)37;1-3-18-14-21(35-11-9-34(2)10-12-35)30-16-20(18)32-24-31-15-19(25(26,27)28)23(33-24)29-6-4-7-36-8-5-13-38-17-22(36)37;1-3-17-14-18(35-12-11-33(2)16-21(35)36)6-7-20(17)31-23-30-15-19(25(26,27)28)22(32-23)29-8-4-9-34-10-5-13-38-24(34)37/h6-7,16-17,19H,2-5,8-15,18H2,1H3,(H2,28,29,30,31);6-7,16-17H,3-5,8-15,18H2,1-2H3,(H2,30,31,32,33);14-16H,3-13,17H2,1-2H3,(H2,29,31,32,33);6-7,14-15H,3-5,8-13,16H2,1-2H3,(H2,29,30,31,32). The maximum absolute atomic E-state index is 13.7. The number of rotatable bonds is 36. The highest BCUT2D eigenvalue weighted by molar-refractivity contribution is 6.32. The summed E-state index contributed by atoms with van der Waals surface area (Å²) < 4.78 is 143. The Morgan fingerprint density at radius 3 is 1.15 bits per heavy atom. The van der Waals surface area contributed by atoms with Gasteiger partial charge in [-0.2, -0.15) is 59.4 Å². The van der Waals surface area contributed by atoms with Crippen LogP contribution in [0.3, 0.4) is 0 Å². The van der Waals surface area contributed by atoms with Crippen molar-refractivity contribution in [3.8, 4) is 0 Å². The first kappa shape index (κ1) is 113. The molecule has 3 aromatic carbocycles. The number of hydrogen-bond acceptors (Lipinski definition) is 33. The van der Waals surface area contributed by atoms with Crippen molar-refractivity contribution in [1.82, 2.24) is 84.1 Å². The Morgan fingerprint density at radius 2 is 0.727 bits per heavy atom. The molecule has 0 radical (unpaired) electrons. The second kappa shape index (κ2) is 54.4. The van der Waals surface area contributed by atoms with E-state index in [1.54, 1.807) is 39.2 Å². The maximum atomic E-state index is 13.7. The minimum atomic E-state index is -4.64. The summed E-state index contributed by atoms with van der Waals surface area (Å²) in [4.78, 5) is 123. The number of hydrogen-bond donors (Lipinski definition) is 8. The number of cyclic esters (lactones) is 1. The molecule has 9 fully saturated rings. The summed E-state index contributed by atoms with van der Waals surface area (Å²) in [6.07, 6.45) is 1.18. The van der Waals surface area contributed by atoms with Crippen LogP contribution in [0.25, 0.3) is 0 Å². The molecular formula is C102H139ClF9N29O9. The number of amides is 5. The molecule has 5 amide bonds. The van der Waals surface area contributed by atoms with Gasteiger partial charge < -0.3 is 115 Å². The van der Waals surface area contributed by atoms with Gasteiger partial charge in [0.15, 0.2) is 0 Å². The van der Waals surface area contributed by atoms with Crippen molar-refractivity contribution in [3.63, 3.8) is 0 Å². The lowest BCUT2D eigenvalue weighted by Crippen LogP contribution is -2.48. The second-order valence-electron chi connectivity index (χ2n) is 38.3. The summed E-state index contributed by atoms with van der Waals surface area (Å²) in [5.41, 5.74) is 7.70. The smallest absolute Gasteiger partial charge is 0.421 e. The van der Waals surface area contributed by atoms with Gasteiger partial charge >= 0.3 is 24.6 Å². The quantitative estimate of drug-likeness (QED) is 0.0134. The van der Waals surface area contributed by atoms with Gasteiger partial charge in [0.05, 0.1) is 31.2 Å². The van der Waals surface area contributed by atoms with E-state index in [1.165, 1.54) is 29.0 Å². The number of ether oxygens (including phenoxy) is 4. The van der Waals surface area contributed by atoms with Gasteiger partial charge in [0, 0.05) is 243 Å². The number of likely N-dealkylation sites (N-methyl/N-ethyl adjacent to an activating group) is 4. The van der Waals surface area contributed by atoms with Crippen molar-refractivity contribution in [1.29, 1.82) is 0 Å². The molecule has 8 aromatic rings. The monoisotopic (exact) mass is 2120 g/mol. The number of halogens is 10. The molecule has 1 saturated carbocycles. The highest BCUT2D eigenvalue weighted by atomic mass is 35.5. The third kappa shape index (κ3) is 33.0. The number of nitrogens with zero attached hydrogens (tertiary/aromatic N) is 21. The van der Waals surface area contributed by atoms with Gasteiger partial charge in [-0.25, -0.2) is 29.7 Å². The van der Waals surface area contributed by atoms with Gasteiger partial charge in [0.1, 0.15) is 70.6 Å². The minimum absolute atomic E-state index is 0.0123. The van der Waals surface area contributed by atoms with E-state index in [1.807, 2.05) is 61.9 Å². The molecule has 13 heterocycles. The molecule has 0 atom stereocenters. The van der Waals surface area contributed by atoms with Gasteiger partial charge in [0.2, 0.25) is 47.4 Å².